The van der Waals surface area contributed by atoms with Crippen molar-refractivity contribution in [1.82, 2.24) is 0 Å². The second-order valence-electron chi connectivity index (χ2n) is 4.22. The van der Waals surface area contributed by atoms with Crippen molar-refractivity contribution in [3.05, 3.63) is 29.3 Å². The van der Waals surface area contributed by atoms with Crippen molar-refractivity contribution in [2.75, 3.05) is 23.9 Å². The normalized spacial score (nSPS) is 11.5. The highest BCUT2D eigenvalue weighted by Gasteiger charge is 2.07. The van der Waals surface area contributed by atoms with E-state index in [1.54, 1.807) is 0 Å². The van der Waals surface area contributed by atoms with Crippen LogP contribution in [0.4, 0.5) is 5.69 Å². The van der Waals surface area contributed by atoms with Crippen molar-refractivity contribution >= 4 is 15.5 Å². The number of benzene rings is 1. The number of para-hydroxylation sites is 1. The molecule has 0 radical (unpaired) electrons. The summed E-state index contributed by atoms with van der Waals surface area (Å²) in [7, 11) is -2.90. The van der Waals surface area contributed by atoms with Crippen LogP contribution in [-0.4, -0.2) is 27.0 Å². The van der Waals surface area contributed by atoms with Crippen molar-refractivity contribution < 1.29 is 8.42 Å². The standard InChI is InChI=1S/C13H21NO2S/c1-4-11-7-6-8-12(5-2)13(11)14-9-10-17(3,15)16/h6-8,14H,4-5,9-10H2,1-3H3. The molecule has 0 spiro atoms. The number of hydrogen-bond donors (Lipinski definition) is 1. The fourth-order valence-electron chi connectivity index (χ4n) is 1.83. The second kappa shape index (κ2) is 6.05. The van der Waals surface area contributed by atoms with Gasteiger partial charge >= 0.3 is 0 Å². The third kappa shape index (κ3) is 4.38. The average Bonchev–Trinajstić information content (AvgIpc) is 2.27. The second-order valence-corrected chi connectivity index (χ2v) is 6.47. The molecule has 0 unspecified atom stereocenters. The Balaban J connectivity index is 2.81. The van der Waals surface area contributed by atoms with Gasteiger partial charge in [-0.3, -0.25) is 0 Å². The molecule has 96 valence electrons. The van der Waals surface area contributed by atoms with Crippen LogP contribution in [-0.2, 0) is 22.7 Å². The molecular formula is C13H21NO2S. The molecule has 0 heterocycles. The van der Waals surface area contributed by atoms with Crippen molar-refractivity contribution in [1.29, 1.82) is 0 Å². The highest BCUT2D eigenvalue weighted by molar-refractivity contribution is 7.90. The predicted molar refractivity (Wildman–Crippen MR) is 73.4 cm³/mol. The summed E-state index contributed by atoms with van der Waals surface area (Å²) in [5.74, 6) is 0.175. The highest BCUT2D eigenvalue weighted by Crippen LogP contribution is 2.22. The average molecular weight is 255 g/mol. The van der Waals surface area contributed by atoms with Gasteiger partial charge in [-0.1, -0.05) is 32.0 Å². The van der Waals surface area contributed by atoms with Gasteiger partial charge in [0.05, 0.1) is 5.75 Å². The summed E-state index contributed by atoms with van der Waals surface area (Å²) >= 11 is 0. The summed E-state index contributed by atoms with van der Waals surface area (Å²) < 4.78 is 22.2. The minimum absolute atomic E-state index is 0.175. The summed E-state index contributed by atoms with van der Waals surface area (Å²) in [6, 6.07) is 6.23. The first-order chi connectivity index (χ1) is 7.98. The van der Waals surface area contributed by atoms with Crippen LogP contribution in [0, 0.1) is 0 Å². The largest absolute Gasteiger partial charge is 0.384 e. The maximum absolute atomic E-state index is 11.1. The van der Waals surface area contributed by atoms with Gasteiger partial charge in [-0.25, -0.2) is 8.42 Å². The van der Waals surface area contributed by atoms with E-state index in [4.69, 9.17) is 0 Å². The Hall–Kier alpha value is -1.03. The van der Waals surface area contributed by atoms with E-state index in [9.17, 15) is 8.42 Å². The van der Waals surface area contributed by atoms with E-state index < -0.39 is 9.84 Å². The van der Waals surface area contributed by atoms with Crippen molar-refractivity contribution in [2.45, 2.75) is 26.7 Å². The van der Waals surface area contributed by atoms with E-state index in [-0.39, 0.29) is 5.75 Å². The monoisotopic (exact) mass is 255 g/mol. The van der Waals surface area contributed by atoms with Crippen LogP contribution in [0.25, 0.3) is 0 Å². The molecule has 1 N–H and O–H groups in total. The van der Waals surface area contributed by atoms with Crippen LogP contribution in [0.3, 0.4) is 0 Å². The molecule has 0 aromatic heterocycles. The SMILES string of the molecule is CCc1cccc(CC)c1NCCS(C)(=O)=O. The number of sulfone groups is 1. The lowest BCUT2D eigenvalue weighted by atomic mass is 10.0. The molecule has 1 aromatic rings. The van der Waals surface area contributed by atoms with Crippen LogP contribution in [0.2, 0.25) is 0 Å². The smallest absolute Gasteiger partial charge is 0.149 e. The molecule has 0 fully saturated rings. The van der Waals surface area contributed by atoms with Gasteiger partial charge in [0.25, 0.3) is 0 Å². The van der Waals surface area contributed by atoms with E-state index in [0.717, 1.165) is 18.5 Å². The van der Waals surface area contributed by atoms with Crippen LogP contribution in [0.15, 0.2) is 18.2 Å². The van der Waals surface area contributed by atoms with Crippen molar-refractivity contribution in [3.63, 3.8) is 0 Å². The van der Waals surface area contributed by atoms with Gasteiger partial charge in [0.15, 0.2) is 0 Å². The van der Waals surface area contributed by atoms with Crippen molar-refractivity contribution in [2.24, 2.45) is 0 Å². The molecule has 1 aromatic carbocycles. The number of anilines is 1. The summed E-state index contributed by atoms with van der Waals surface area (Å²) in [6.07, 6.45) is 3.17. The number of aryl methyl sites for hydroxylation is 2. The zero-order valence-electron chi connectivity index (χ0n) is 10.8. The minimum atomic E-state index is -2.90. The summed E-state index contributed by atoms with van der Waals surface area (Å²) in [6.45, 7) is 4.69. The molecule has 0 saturated heterocycles. The first-order valence-corrected chi connectivity index (χ1v) is 8.06. The van der Waals surface area contributed by atoms with Gasteiger partial charge in [0.1, 0.15) is 9.84 Å². The lowest BCUT2D eigenvalue weighted by Crippen LogP contribution is -2.15. The first-order valence-electron chi connectivity index (χ1n) is 6.00. The van der Waals surface area contributed by atoms with E-state index in [2.05, 4.69) is 37.4 Å². The minimum Gasteiger partial charge on any atom is -0.384 e. The zero-order chi connectivity index (χ0) is 12.9. The quantitative estimate of drug-likeness (QED) is 0.848. The molecule has 0 aliphatic carbocycles. The predicted octanol–water partition coefficient (Wildman–Crippen LogP) is 2.27. The molecule has 0 aliphatic heterocycles. The maximum atomic E-state index is 11.1. The van der Waals surface area contributed by atoms with Gasteiger partial charge in [-0.2, -0.15) is 0 Å². The van der Waals surface area contributed by atoms with E-state index >= 15 is 0 Å². The van der Waals surface area contributed by atoms with E-state index in [1.807, 2.05) is 0 Å². The molecule has 0 aliphatic rings. The number of nitrogens with one attached hydrogen (secondary N) is 1. The third-order valence-corrected chi connectivity index (χ3v) is 3.72. The van der Waals surface area contributed by atoms with Crippen LogP contribution >= 0.6 is 0 Å². The fraction of sp³-hybridized carbons (Fsp3) is 0.538. The van der Waals surface area contributed by atoms with Crippen LogP contribution < -0.4 is 5.32 Å². The van der Waals surface area contributed by atoms with E-state index in [0.29, 0.717) is 6.54 Å². The molecule has 0 amide bonds. The zero-order valence-corrected chi connectivity index (χ0v) is 11.6. The Morgan fingerprint density at radius 3 is 2.06 bits per heavy atom. The molecule has 0 bridgehead atoms. The molecule has 0 saturated carbocycles. The number of hydrogen-bond acceptors (Lipinski definition) is 3. The van der Waals surface area contributed by atoms with Gasteiger partial charge in [-0.05, 0) is 24.0 Å². The molecule has 3 nitrogen and oxygen atoms in total. The van der Waals surface area contributed by atoms with Crippen molar-refractivity contribution in [3.8, 4) is 0 Å². The first kappa shape index (κ1) is 14.0. The van der Waals surface area contributed by atoms with Gasteiger partial charge in [0, 0.05) is 18.5 Å². The lowest BCUT2D eigenvalue weighted by Gasteiger charge is -2.14. The molecule has 4 heteroatoms. The molecule has 17 heavy (non-hydrogen) atoms. The highest BCUT2D eigenvalue weighted by atomic mass is 32.2. The van der Waals surface area contributed by atoms with Gasteiger partial charge in [0.2, 0.25) is 0 Å². The van der Waals surface area contributed by atoms with Gasteiger partial charge < -0.3 is 5.32 Å². The van der Waals surface area contributed by atoms with Crippen LogP contribution in [0.5, 0.6) is 0 Å². The Morgan fingerprint density at radius 1 is 1.12 bits per heavy atom. The van der Waals surface area contributed by atoms with Gasteiger partial charge in [-0.15, -0.1) is 0 Å². The summed E-state index contributed by atoms with van der Waals surface area (Å²) in [4.78, 5) is 0. The fourth-order valence-corrected chi connectivity index (χ4v) is 2.30. The maximum Gasteiger partial charge on any atom is 0.149 e. The molecule has 0 atom stereocenters. The molecular weight excluding hydrogens is 234 g/mol. The lowest BCUT2D eigenvalue weighted by molar-refractivity contribution is 0.602. The Bertz CT molecular complexity index is 444. The Labute approximate surface area is 104 Å². The van der Waals surface area contributed by atoms with E-state index in [1.165, 1.54) is 17.4 Å². The Kier molecular flexibility index (Phi) is 5.00. The summed E-state index contributed by atoms with van der Waals surface area (Å²) in [5.41, 5.74) is 3.61. The number of rotatable bonds is 6. The topological polar surface area (TPSA) is 46.2 Å². The summed E-state index contributed by atoms with van der Waals surface area (Å²) in [5, 5.41) is 3.26. The third-order valence-electron chi connectivity index (χ3n) is 2.77. The molecule has 1 rings (SSSR count). The Morgan fingerprint density at radius 2 is 1.65 bits per heavy atom. The van der Waals surface area contributed by atoms with Crippen LogP contribution in [0.1, 0.15) is 25.0 Å².